The van der Waals surface area contributed by atoms with E-state index in [1.807, 2.05) is 30.3 Å². The molecule has 45 heavy (non-hydrogen) atoms. The molecule has 2 aliphatic rings. The summed E-state index contributed by atoms with van der Waals surface area (Å²) in [7, 11) is 3.20. The number of likely N-dealkylation sites (tertiary alicyclic amines) is 1. The van der Waals surface area contributed by atoms with E-state index >= 15 is 0 Å². The number of carbonyl (C=O) groups is 2. The molecule has 3 aromatic carbocycles. The third kappa shape index (κ3) is 7.61. The maximum absolute atomic E-state index is 13.3. The maximum Gasteiger partial charge on any atom is 0.254 e. The lowest BCUT2D eigenvalue weighted by Gasteiger charge is -2.39. The van der Waals surface area contributed by atoms with Gasteiger partial charge >= 0.3 is 0 Å². The number of piperidine rings is 1. The van der Waals surface area contributed by atoms with E-state index in [0.29, 0.717) is 37.8 Å². The van der Waals surface area contributed by atoms with E-state index in [9.17, 15) is 9.59 Å². The molecule has 0 aliphatic carbocycles. The van der Waals surface area contributed by atoms with Crippen molar-refractivity contribution >= 4 is 63.9 Å². The normalized spacial score (nSPS) is 18.2. The Hall–Kier alpha value is -2.81. The molecule has 0 bridgehead atoms. The second-order valence-corrected chi connectivity index (χ2v) is 13.3. The largest absolute Gasteiger partial charge is 0.399 e. The van der Waals surface area contributed by atoms with Gasteiger partial charge in [-0.05, 0) is 80.3 Å². The Kier molecular flexibility index (Phi) is 11.0. The molecule has 2 amide bonds. The van der Waals surface area contributed by atoms with Crippen LogP contribution in [0, 0.1) is 0 Å². The molecule has 2 heterocycles. The summed E-state index contributed by atoms with van der Waals surface area (Å²) in [5.74, 6) is -0.313. The van der Waals surface area contributed by atoms with Crippen molar-refractivity contribution in [3.8, 4) is 0 Å². The van der Waals surface area contributed by atoms with Gasteiger partial charge in [0.15, 0.2) is 0 Å². The Morgan fingerprint density at radius 1 is 1.00 bits per heavy atom. The van der Waals surface area contributed by atoms with Crippen molar-refractivity contribution in [1.29, 1.82) is 0 Å². The van der Waals surface area contributed by atoms with Crippen LogP contribution in [0.25, 0.3) is 0 Å². The topological polar surface area (TPSA) is 65.5 Å². The highest BCUT2D eigenvalue weighted by Gasteiger charge is 2.39. The molecule has 1 saturated heterocycles. The fraction of sp³-hybridized carbons (Fsp3) is 0.382. The number of oxime groups is 1. The number of hydrogen-bond donors (Lipinski definition) is 0. The van der Waals surface area contributed by atoms with Gasteiger partial charge in [-0.15, -0.1) is 0 Å². The van der Waals surface area contributed by atoms with Crippen molar-refractivity contribution in [2.45, 2.75) is 44.2 Å². The summed E-state index contributed by atoms with van der Waals surface area (Å²) in [5.41, 5.74) is 3.92. The molecule has 1 fully saturated rings. The van der Waals surface area contributed by atoms with Crippen molar-refractivity contribution in [1.82, 2.24) is 14.7 Å². The van der Waals surface area contributed by atoms with Crippen molar-refractivity contribution in [3.63, 3.8) is 0 Å². The van der Waals surface area contributed by atoms with Crippen molar-refractivity contribution < 1.29 is 14.4 Å². The van der Waals surface area contributed by atoms with E-state index in [-0.39, 0.29) is 36.4 Å². The molecular formula is C34H36Cl4N4O3. The van der Waals surface area contributed by atoms with Gasteiger partial charge < -0.3 is 19.5 Å². The van der Waals surface area contributed by atoms with E-state index in [1.165, 1.54) is 7.11 Å². The van der Waals surface area contributed by atoms with Crippen LogP contribution in [0.5, 0.6) is 0 Å². The van der Waals surface area contributed by atoms with Crippen LogP contribution in [0.4, 0.5) is 0 Å². The molecule has 2 atom stereocenters. The summed E-state index contributed by atoms with van der Waals surface area (Å²) in [5, 5.41) is 6.08. The predicted molar refractivity (Wildman–Crippen MR) is 182 cm³/mol. The first-order valence-corrected chi connectivity index (χ1v) is 16.5. The van der Waals surface area contributed by atoms with Gasteiger partial charge in [0.25, 0.3) is 11.8 Å². The average molecular weight is 690 g/mol. The van der Waals surface area contributed by atoms with Crippen LogP contribution in [-0.4, -0.2) is 78.6 Å². The minimum atomic E-state index is -0.244. The van der Waals surface area contributed by atoms with Crippen LogP contribution in [0.3, 0.4) is 0 Å². The number of carbonyl (C=O) groups excluding carboxylic acids is 2. The number of hydrogen-bond acceptors (Lipinski definition) is 5. The highest BCUT2D eigenvalue weighted by molar-refractivity contribution is 6.42. The molecule has 5 rings (SSSR count). The molecule has 3 aromatic rings. The lowest BCUT2D eigenvalue weighted by molar-refractivity contribution is 0.0518. The van der Waals surface area contributed by atoms with Crippen LogP contribution in [0.2, 0.25) is 20.1 Å². The highest BCUT2D eigenvalue weighted by atomic mass is 35.5. The molecule has 238 valence electrons. The smallest absolute Gasteiger partial charge is 0.254 e. The van der Waals surface area contributed by atoms with Gasteiger partial charge in [0.1, 0.15) is 7.11 Å². The van der Waals surface area contributed by atoms with E-state index in [2.05, 4.69) is 27.9 Å². The fourth-order valence-corrected chi connectivity index (χ4v) is 7.36. The summed E-state index contributed by atoms with van der Waals surface area (Å²) in [4.78, 5) is 37.9. The number of rotatable bonds is 10. The number of amides is 2. The molecule has 2 aliphatic heterocycles. The van der Waals surface area contributed by atoms with E-state index < -0.39 is 0 Å². The molecule has 0 N–H and O–H groups in total. The zero-order chi connectivity index (χ0) is 32.2. The van der Waals surface area contributed by atoms with Gasteiger partial charge in [0.2, 0.25) is 0 Å². The summed E-state index contributed by atoms with van der Waals surface area (Å²) in [6.07, 6.45) is 2.51. The first-order valence-electron chi connectivity index (χ1n) is 15.0. The molecule has 0 saturated carbocycles. The number of nitrogens with zero attached hydrogens (tertiary/aromatic N) is 4. The zero-order valence-electron chi connectivity index (χ0n) is 25.5. The van der Waals surface area contributed by atoms with Gasteiger partial charge in [-0.1, -0.05) is 75.8 Å². The van der Waals surface area contributed by atoms with Gasteiger partial charge in [-0.3, -0.25) is 9.59 Å². The molecule has 2 unspecified atom stereocenters. The number of benzene rings is 3. The monoisotopic (exact) mass is 688 g/mol. The van der Waals surface area contributed by atoms with Crippen LogP contribution < -0.4 is 0 Å². The third-order valence-corrected chi connectivity index (χ3v) is 9.97. The second kappa shape index (κ2) is 14.7. The third-order valence-electron chi connectivity index (χ3n) is 8.79. The average Bonchev–Trinajstić information content (AvgIpc) is 3.27. The maximum atomic E-state index is 13.3. The van der Waals surface area contributed by atoms with E-state index in [1.54, 1.807) is 36.2 Å². The lowest BCUT2D eigenvalue weighted by atomic mass is 9.89. The minimum absolute atomic E-state index is 0.0831. The van der Waals surface area contributed by atoms with Gasteiger partial charge in [-0.2, -0.15) is 0 Å². The molecule has 0 aromatic heterocycles. The fourth-order valence-electron chi connectivity index (χ4n) is 6.52. The second-order valence-electron chi connectivity index (χ2n) is 11.6. The first kappa shape index (κ1) is 33.6. The summed E-state index contributed by atoms with van der Waals surface area (Å²) < 4.78 is 0. The molecule has 0 radical (unpaired) electrons. The predicted octanol–water partition coefficient (Wildman–Crippen LogP) is 8.23. The molecule has 11 heteroatoms. The lowest BCUT2D eigenvalue weighted by Crippen LogP contribution is -2.46. The highest BCUT2D eigenvalue weighted by Crippen LogP contribution is 2.37. The van der Waals surface area contributed by atoms with Crippen molar-refractivity contribution in [2.75, 3.05) is 40.3 Å². The van der Waals surface area contributed by atoms with Gasteiger partial charge in [0.05, 0.1) is 28.3 Å². The Morgan fingerprint density at radius 2 is 1.69 bits per heavy atom. The van der Waals surface area contributed by atoms with Crippen molar-refractivity contribution in [2.24, 2.45) is 5.16 Å². The number of halogens is 4. The Balaban J connectivity index is 1.29. The Morgan fingerprint density at radius 3 is 2.33 bits per heavy atom. The Bertz CT molecular complexity index is 1570. The van der Waals surface area contributed by atoms with Gasteiger partial charge in [-0.25, -0.2) is 0 Å². The van der Waals surface area contributed by atoms with Crippen LogP contribution in [0.1, 0.15) is 70.0 Å². The summed E-state index contributed by atoms with van der Waals surface area (Å²) >= 11 is 25.0. The van der Waals surface area contributed by atoms with Crippen molar-refractivity contribution in [3.05, 3.63) is 103 Å². The van der Waals surface area contributed by atoms with E-state index in [4.69, 9.17) is 51.2 Å². The molecule has 7 nitrogen and oxygen atoms in total. The minimum Gasteiger partial charge on any atom is -0.399 e. The summed E-state index contributed by atoms with van der Waals surface area (Å²) in [6, 6.07) is 18.5. The number of fused-ring (bicyclic) bond motifs is 1. The summed E-state index contributed by atoms with van der Waals surface area (Å²) in [6.45, 7) is 4.86. The Labute approximate surface area is 284 Å². The van der Waals surface area contributed by atoms with Crippen LogP contribution >= 0.6 is 46.4 Å². The van der Waals surface area contributed by atoms with Crippen LogP contribution in [-0.2, 0) is 4.84 Å². The first-order chi connectivity index (χ1) is 21.6. The van der Waals surface area contributed by atoms with Gasteiger partial charge in [0, 0.05) is 53.3 Å². The molecular weight excluding hydrogens is 654 g/mol. The quantitative estimate of drug-likeness (QED) is 0.159. The standard InChI is InChI=1S/C34H36Cl4N4O3/c1-21-27-6-4-5-7-29(27)34(44)42(21)26-10-13-41(14-11-26)15-12-28(22-8-9-30(37)31(38)18-22)32(39-45-3)20-40(2)33(43)23-16-24(35)19-25(36)17-23/h4-9,16-19,21,26,28H,10-15,20H2,1-3H3/b39-32+. The SMILES string of the molecule is CO/N=C(\CN(C)C(=O)c1cc(Cl)cc(Cl)c1)C(CCN1CCC(N2C(=O)c3ccccc3C2C)CC1)c1ccc(Cl)c(Cl)c1. The zero-order valence-corrected chi connectivity index (χ0v) is 28.5. The van der Waals surface area contributed by atoms with Crippen LogP contribution in [0.15, 0.2) is 65.8 Å². The van der Waals surface area contributed by atoms with E-state index in [0.717, 1.165) is 49.2 Å². The molecule has 0 spiro atoms.